The average Bonchev–Trinajstić information content (AvgIpc) is 3.51. The molecule has 3 aromatic carbocycles. The van der Waals surface area contributed by atoms with E-state index in [-0.39, 0.29) is 23.3 Å². The minimum Gasteiger partial charge on any atom is -0.331 e. The van der Waals surface area contributed by atoms with Crippen molar-refractivity contribution in [3.05, 3.63) is 118 Å². The highest BCUT2D eigenvalue weighted by atomic mass is 35.5. The van der Waals surface area contributed by atoms with Crippen LogP contribution in [-0.2, 0) is 6.42 Å². The molecular formula is C33H32ClFN4O. The van der Waals surface area contributed by atoms with Crippen molar-refractivity contribution in [3.63, 3.8) is 0 Å². The standard InChI is InChI=1S/C33H32ClFN4O/c1-33-20-23-21-36-39(29-16-12-27(35)13-17-29)31(23)19-25(33)9-8-24(33)18-30(22-6-4-3-5-7-22)37-32(40)38(2)28-14-10-26(34)11-15-28/h3-7,10-17,19,21,24,30H,8-9,18,20H2,1-2H3,(H,37,40). The van der Waals surface area contributed by atoms with Gasteiger partial charge in [0, 0.05) is 17.8 Å². The van der Waals surface area contributed by atoms with E-state index < -0.39 is 0 Å². The number of nitrogens with zero attached hydrogens (tertiary/aromatic N) is 3. The molecule has 2 aliphatic rings. The molecule has 2 aliphatic carbocycles. The highest BCUT2D eigenvalue weighted by Gasteiger charge is 2.46. The Labute approximate surface area is 239 Å². The molecule has 4 aromatic rings. The van der Waals surface area contributed by atoms with E-state index in [1.807, 2.05) is 41.2 Å². The zero-order valence-corrected chi connectivity index (χ0v) is 23.4. The molecule has 0 saturated heterocycles. The van der Waals surface area contributed by atoms with Crippen molar-refractivity contribution in [2.24, 2.45) is 11.3 Å². The molecule has 1 fully saturated rings. The molecule has 6 rings (SSSR count). The first-order valence-electron chi connectivity index (χ1n) is 13.7. The van der Waals surface area contributed by atoms with Crippen molar-refractivity contribution >= 4 is 29.4 Å². The molecule has 0 bridgehead atoms. The van der Waals surface area contributed by atoms with Crippen molar-refractivity contribution in [2.75, 3.05) is 11.9 Å². The lowest BCUT2D eigenvalue weighted by Crippen LogP contribution is -2.41. The van der Waals surface area contributed by atoms with Crippen LogP contribution in [0.25, 0.3) is 11.8 Å². The number of benzene rings is 3. The van der Waals surface area contributed by atoms with Gasteiger partial charge in [-0.05, 0) is 103 Å². The summed E-state index contributed by atoms with van der Waals surface area (Å²) in [6.45, 7) is 2.36. The summed E-state index contributed by atoms with van der Waals surface area (Å²) in [7, 11) is 1.78. The smallest absolute Gasteiger partial charge is 0.322 e. The highest BCUT2D eigenvalue weighted by Crippen LogP contribution is 2.55. The highest BCUT2D eigenvalue weighted by molar-refractivity contribution is 6.30. The first-order chi connectivity index (χ1) is 19.3. The van der Waals surface area contributed by atoms with E-state index in [1.165, 1.54) is 23.3 Å². The fourth-order valence-electron chi connectivity index (χ4n) is 6.38. The summed E-state index contributed by atoms with van der Waals surface area (Å²) in [5.74, 6) is 0.126. The Hall–Kier alpha value is -3.90. The van der Waals surface area contributed by atoms with Gasteiger partial charge >= 0.3 is 6.03 Å². The van der Waals surface area contributed by atoms with Gasteiger partial charge in [0.2, 0.25) is 0 Å². The van der Waals surface area contributed by atoms with Gasteiger partial charge in [-0.2, -0.15) is 5.10 Å². The molecule has 1 heterocycles. The molecule has 5 nitrogen and oxygen atoms in total. The lowest BCUT2D eigenvalue weighted by Gasteiger charge is -2.38. The summed E-state index contributed by atoms with van der Waals surface area (Å²) >= 11 is 6.05. The molecule has 0 aliphatic heterocycles. The number of carbonyl (C=O) groups excluding carboxylic acids is 1. The molecule has 40 heavy (non-hydrogen) atoms. The van der Waals surface area contributed by atoms with Crippen molar-refractivity contribution in [1.82, 2.24) is 15.1 Å². The van der Waals surface area contributed by atoms with Gasteiger partial charge in [-0.3, -0.25) is 4.90 Å². The Morgan fingerprint density at radius 2 is 1.85 bits per heavy atom. The van der Waals surface area contributed by atoms with Crippen molar-refractivity contribution in [2.45, 2.75) is 38.6 Å². The van der Waals surface area contributed by atoms with E-state index in [2.05, 4.69) is 35.5 Å². The topological polar surface area (TPSA) is 50.2 Å². The van der Waals surface area contributed by atoms with E-state index in [0.717, 1.165) is 48.3 Å². The van der Waals surface area contributed by atoms with Gasteiger partial charge in [0.1, 0.15) is 5.82 Å². The van der Waals surface area contributed by atoms with Crippen LogP contribution in [-0.4, -0.2) is 22.9 Å². The number of carbonyl (C=O) groups is 1. The van der Waals surface area contributed by atoms with Crippen molar-refractivity contribution < 1.29 is 9.18 Å². The number of rotatable bonds is 6. The third kappa shape index (κ3) is 4.92. The Balaban J connectivity index is 1.25. The average molecular weight is 555 g/mol. The third-order valence-corrected chi connectivity index (χ3v) is 9.01. The minimum atomic E-state index is -0.256. The molecule has 7 heteroatoms. The molecule has 0 radical (unpaired) electrons. The van der Waals surface area contributed by atoms with Crippen LogP contribution in [0, 0.1) is 17.2 Å². The predicted octanol–water partition coefficient (Wildman–Crippen LogP) is 8.00. The van der Waals surface area contributed by atoms with Crippen LogP contribution in [0.15, 0.2) is 90.6 Å². The number of fused-ring (bicyclic) bond motifs is 2. The Kier molecular flexibility index (Phi) is 6.97. The van der Waals surface area contributed by atoms with Crippen LogP contribution in [0.4, 0.5) is 14.9 Å². The number of aromatic nitrogens is 2. The molecule has 3 atom stereocenters. The number of amides is 2. The zero-order valence-electron chi connectivity index (χ0n) is 22.6. The number of allylic oxidation sites excluding steroid dienone is 1. The summed E-state index contributed by atoms with van der Waals surface area (Å²) in [5, 5.41) is 8.62. The van der Waals surface area contributed by atoms with E-state index in [0.29, 0.717) is 10.9 Å². The van der Waals surface area contributed by atoms with Crippen molar-refractivity contribution in [3.8, 4) is 5.69 Å². The molecule has 1 saturated carbocycles. The van der Waals surface area contributed by atoms with Gasteiger partial charge in [0.15, 0.2) is 0 Å². The predicted molar refractivity (Wildman–Crippen MR) is 158 cm³/mol. The van der Waals surface area contributed by atoms with Crippen LogP contribution >= 0.6 is 11.6 Å². The first-order valence-corrected chi connectivity index (χ1v) is 14.1. The Bertz CT molecular complexity index is 1550. The SMILES string of the molecule is CN(C(=O)NC(CC1CCC2=Cc3c(cnn3-c3ccc(F)cc3)CC21C)c1ccccc1)c1ccc(Cl)cc1. The van der Waals surface area contributed by atoms with Gasteiger partial charge in [-0.15, -0.1) is 0 Å². The molecule has 1 aromatic heterocycles. The van der Waals surface area contributed by atoms with Gasteiger partial charge in [0.25, 0.3) is 0 Å². The maximum Gasteiger partial charge on any atom is 0.322 e. The molecule has 204 valence electrons. The van der Waals surface area contributed by atoms with Crippen LogP contribution < -0.4 is 10.2 Å². The number of urea groups is 1. The molecule has 3 unspecified atom stereocenters. The molecular weight excluding hydrogens is 523 g/mol. The number of anilines is 1. The second kappa shape index (κ2) is 10.6. The van der Waals surface area contributed by atoms with E-state index in [9.17, 15) is 9.18 Å². The van der Waals surface area contributed by atoms with Crippen molar-refractivity contribution in [1.29, 1.82) is 0 Å². The number of nitrogens with one attached hydrogen (secondary N) is 1. The van der Waals surface area contributed by atoms with Gasteiger partial charge < -0.3 is 5.32 Å². The molecule has 2 amide bonds. The van der Waals surface area contributed by atoms with Crippen LogP contribution in [0.5, 0.6) is 0 Å². The van der Waals surface area contributed by atoms with E-state index >= 15 is 0 Å². The normalized spacial score (nSPS) is 20.3. The van der Waals surface area contributed by atoms with Gasteiger partial charge in [-0.25, -0.2) is 13.9 Å². The monoisotopic (exact) mass is 554 g/mol. The summed E-state index contributed by atoms with van der Waals surface area (Å²) in [5.41, 5.74) is 6.41. The lowest BCUT2D eigenvalue weighted by molar-refractivity contribution is 0.220. The van der Waals surface area contributed by atoms with Crippen LogP contribution in [0.2, 0.25) is 5.02 Å². The number of hydrogen-bond donors (Lipinski definition) is 1. The molecule has 0 spiro atoms. The summed E-state index contributed by atoms with van der Waals surface area (Å²) in [6, 6.07) is 23.7. The maximum atomic E-state index is 13.5. The van der Waals surface area contributed by atoms with E-state index in [4.69, 9.17) is 11.6 Å². The second-order valence-corrected chi connectivity index (χ2v) is 11.6. The van der Waals surface area contributed by atoms with Gasteiger partial charge in [0.05, 0.1) is 23.6 Å². The fraction of sp³-hybridized carbons (Fsp3) is 0.273. The number of halogens is 2. The van der Waals surface area contributed by atoms with Crippen LogP contribution in [0.1, 0.15) is 49.0 Å². The third-order valence-electron chi connectivity index (χ3n) is 8.76. The van der Waals surface area contributed by atoms with Gasteiger partial charge in [-0.1, -0.05) is 54.4 Å². The Morgan fingerprint density at radius 3 is 2.58 bits per heavy atom. The summed E-state index contributed by atoms with van der Waals surface area (Å²) in [6.07, 6.45) is 8.03. The largest absolute Gasteiger partial charge is 0.331 e. The summed E-state index contributed by atoms with van der Waals surface area (Å²) < 4.78 is 15.4. The second-order valence-electron chi connectivity index (χ2n) is 11.1. The first kappa shape index (κ1) is 26.3. The fourth-order valence-corrected chi connectivity index (χ4v) is 6.50. The van der Waals surface area contributed by atoms with Crippen LogP contribution in [0.3, 0.4) is 0 Å². The number of hydrogen-bond acceptors (Lipinski definition) is 2. The Morgan fingerprint density at radius 1 is 1.12 bits per heavy atom. The minimum absolute atomic E-state index is 0.0243. The van der Waals surface area contributed by atoms with E-state index in [1.54, 1.807) is 36.2 Å². The quantitative estimate of drug-likeness (QED) is 0.262. The maximum absolute atomic E-state index is 13.5. The summed E-state index contributed by atoms with van der Waals surface area (Å²) in [4.78, 5) is 15.0. The lowest BCUT2D eigenvalue weighted by atomic mass is 9.68. The molecule has 1 N–H and O–H groups in total. The zero-order chi connectivity index (χ0) is 27.9.